The first kappa shape index (κ1) is 14.8. The summed E-state index contributed by atoms with van der Waals surface area (Å²) in [5.74, 6) is 0.653. The largest absolute Gasteiger partial charge is 0.588 e. The third-order valence-corrected chi connectivity index (χ3v) is 5.86. The smallest absolute Gasteiger partial charge is 0.318 e. The maximum atomic E-state index is 12.6. The minimum absolute atomic E-state index is 0.209. The fourth-order valence-corrected chi connectivity index (χ4v) is 4.48. The molecule has 1 fully saturated rings. The van der Waals surface area contributed by atoms with E-state index in [9.17, 15) is 4.55 Å². The van der Waals surface area contributed by atoms with Gasteiger partial charge in [-0.15, -0.1) is 0 Å². The lowest BCUT2D eigenvalue weighted by Gasteiger charge is -2.22. The van der Waals surface area contributed by atoms with Crippen LogP contribution in [0.5, 0.6) is 6.01 Å². The molecule has 1 aromatic heterocycles. The molecule has 0 saturated heterocycles. The van der Waals surface area contributed by atoms with Crippen LogP contribution in [0.15, 0.2) is 41.4 Å². The van der Waals surface area contributed by atoms with Gasteiger partial charge in [-0.1, -0.05) is 24.6 Å². The second-order valence-electron chi connectivity index (χ2n) is 5.97. The maximum absolute atomic E-state index is 12.6. The summed E-state index contributed by atoms with van der Waals surface area (Å²) >= 11 is -1.21. The van der Waals surface area contributed by atoms with Crippen molar-refractivity contribution in [2.45, 2.75) is 49.6 Å². The first-order valence-corrected chi connectivity index (χ1v) is 9.19. The first-order valence-electron chi connectivity index (χ1n) is 8.08. The Bertz CT molecular complexity index is 691. The average Bonchev–Trinajstić information content (AvgIpc) is 2.93. The Morgan fingerprint density at radius 2 is 1.96 bits per heavy atom. The molecule has 23 heavy (non-hydrogen) atoms. The summed E-state index contributed by atoms with van der Waals surface area (Å²) in [6.07, 6.45) is 7.71. The van der Waals surface area contributed by atoms with Crippen molar-refractivity contribution in [2.24, 2.45) is 0 Å². The highest BCUT2D eigenvalue weighted by atomic mass is 32.2. The van der Waals surface area contributed by atoms with Crippen LogP contribution in [0, 0.1) is 0 Å². The van der Waals surface area contributed by atoms with Gasteiger partial charge in [0, 0.05) is 17.8 Å². The molecule has 0 spiro atoms. The number of rotatable bonds is 3. The van der Waals surface area contributed by atoms with E-state index in [1.165, 1.54) is 19.3 Å². The highest BCUT2D eigenvalue weighted by molar-refractivity contribution is 7.93. The predicted octanol–water partition coefficient (Wildman–Crippen LogP) is 3.23. The van der Waals surface area contributed by atoms with Crippen molar-refractivity contribution in [3.63, 3.8) is 0 Å². The Hall–Kier alpha value is -1.79. The van der Waals surface area contributed by atoms with E-state index in [1.807, 2.05) is 24.3 Å². The number of fused-ring (bicyclic) bond motifs is 1. The summed E-state index contributed by atoms with van der Waals surface area (Å²) in [5.41, 5.74) is 1.08. The molecule has 0 bridgehead atoms. The van der Waals surface area contributed by atoms with Crippen LogP contribution in [0.25, 0.3) is 0 Å². The minimum atomic E-state index is -1.21. The number of aromatic nitrogens is 2. The molecule has 1 aromatic carbocycles. The Kier molecular flexibility index (Phi) is 4.10. The third-order valence-electron chi connectivity index (χ3n) is 4.37. The minimum Gasteiger partial charge on any atom is -0.588 e. The summed E-state index contributed by atoms with van der Waals surface area (Å²) in [6.45, 7) is 0.600. The average molecular weight is 329 g/mol. The van der Waals surface area contributed by atoms with Gasteiger partial charge in [-0.2, -0.15) is 9.29 Å². The van der Waals surface area contributed by atoms with Crippen molar-refractivity contribution >= 4 is 17.2 Å². The lowest BCUT2D eigenvalue weighted by Crippen LogP contribution is -2.25. The maximum Gasteiger partial charge on any atom is 0.318 e. The SMILES string of the molecule is [O-][S+]1c2ccccc2CN1c1ccnc(OC2CCCCC2)n1. The number of anilines is 1. The lowest BCUT2D eigenvalue weighted by molar-refractivity contribution is 0.142. The topological polar surface area (TPSA) is 61.3 Å². The van der Waals surface area contributed by atoms with E-state index in [1.54, 1.807) is 16.6 Å². The second-order valence-corrected chi connectivity index (χ2v) is 7.35. The van der Waals surface area contributed by atoms with Crippen molar-refractivity contribution < 1.29 is 9.29 Å². The van der Waals surface area contributed by atoms with Gasteiger partial charge in [0.15, 0.2) is 10.7 Å². The molecule has 1 unspecified atom stereocenters. The Balaban J connectivity index is 1.53. The highest BCUT2D eigenvalue weighted by Gasteiger charge is 2.35. The van der Waals surface area contributed by atoms with Gasteiger partial charge < -0.3 is 9.29 Å². The molecule has 2 aliphatic rings. The van der Waals surface area contributed by atoms with E-state index < -0.39 is 11.4 Å². The third kappa shape index (κ3) is 3.01. The summed E-state index contributed by atoms with van der Waals surface area (Å²) in [7, 11) is 0. The number of hydrogen-bond donors (Lipinski definition) is 0. The summed E-state index contributed by atoms with van der Waals surface area (Å²) in [4.78, 5) is 9.56. The van der Waals surface area contributed by atoms with Gasteiger partial charge in [0.2, 0.25) is 0 Å². The zero-order chi connectivity index (χ0) is 15.6. The molecule has 2 aromatic rings. The van der Waals surface area contributed by atoms with Crippen molar-refractivity contribution in [3.05, 3.63) is 42.1 Å². The van der Waals surface area contributed by atoms with Crippen molar-refractivity contribution in [2.75, 3.05) is 4.31 Å². The molecule has 1 aliphatic carbocycles. The summed E-state index contributed by atoms with van der Waals surface area (Å²) < 4.78 is 20.3. The molecule has 0 amide bonds. The standard InChI is InChI=1S/C17H19N3O2S/c21-23-15-9-5-4-6-13(15)12-20(23)16-10-11-18-17(19-16)22-14-7-2-1-3-8-14/h4-6,9-11,14H,1-3,7-8,12H2. The second kappa shape index (κ2) is 6.37. The van der Waals surface area contributed by atoms with Crippen LogP contribution < -0.4 is 9.04 Å². The van der Waals surface area contributed by atoms with Gasteiger partial charge in [-0.25, -0.2) is 4.98 Å². The number of hydrogen-bond acceptors (Lipinski definition) is 5. The molecule has 1 aliphatic heterocycles. The Labute approximate surface area is 139 Å². The van der Waals surface area contributed by atoms with Crippen LogP contribution in [-0.2, 0) is 17.9 Å². The molecular formula is C17H19N3O2S. The van der Waals surface area contributed by atoms with Gasteiger partial charge in [0.25, 0.3) is 0 Å². The van der Waals surface area contributed by atoms with Crippen LogP contribution in [0.3, 0.4) is 0 Å². The number of ether oxygens (including phenoxy) is 1. The zero-order valence-electron chi connectivity index (χ0n) is 12.9. The van der Waals surface area contributed by atoms with Gasteiger partial charge in [-0.3, -0.25) is 0 Å². The van der Waals surface area contributed by atoms with Crippen molar-refractivity contribution in [1.29, 1.82) is 0 Å². The molecule has 5 nitrogen and oxygen atoms in total. The fraction of sp³-hybridized carbons (Fsp3) is 0.412. The number of nitrogens with zero attached hydrogens (tertiary/aromatic N) is 3. The molecule has 1 saturated carbocycles. The molecule has 0 N–H and O–H groups in total. The monoisotopic (exact) mass is 329 g/mol. The predicted molar refractivity (Wildman–Crippen MR) is 88.6 cm³/mol. The van der Waals surface area contributed by atoms with Crippen molar-refractivity contribution in [1.82, 2.24) is 9.97 Å². The van der Waals surface area contributed by atoms with Gasteiger partial charge in [-0.05, 0) is 31.7 Å². The van der Waals surface area contributed by atoms with Gasteiger partial charge >= 0.3 is 6.01 Å². The number of benzene rings is 1. The molecule has 1 atom stereocenters. The highest BCUT2D eigenvalue weighted by Crippen LogP contribution is 2.33. The molecule has 2 heterocycles. The van der Waals surface area contributed by atoms with Crippen LogP contribution in [0.1, 0.15) is 37.7 Å². The van der Waals surface area contributed by atoms with Crippen LogP contribution in [0.4, 0.5) is 5.82 Å². The lowest BCUT2D eigenvalue weighted by atomic mass is 9.98. The van der Waals surface area contributed by atoms with Crippen molar-refractivity contribution in [3.8, 4) is 6.01 Å². The summed E-state index contributed by atoms with van der Waals surface area (Å²) in [5, 5.41) is 0. The van der Waals surface area contributed by atoms with Crippen LogP contribution in [0.2, 0.25) is 0 Å². The first-order chi connectivity index (χ1) is 11.3. The molecule has 0 radical (unpaired) electrons. The van der Waals surface area contributed by atoms with Gasteiger partial charge in [0.1, 0.15) is 17.5 Å². The van der Waals surface area contributed by atoms with E-state index in [2.05, 4.69) is 9.97 Å². The molecular weight excluding hydrogens is 310 g/mol. The molecule has 4 rings (SSSR count). The van der Waals surface area contributed by atoms with E-state index >= 15 is 0 Å². The fourth-order valence-electron chi connectivity index (χ4n) is 3.16. The normalized spacial score (nSPS) is 21.3. The van der Waals surface area contributed by atoms with E-state index in [0.717, 1.165) is 23.3 Å². The quantitative estimate of drug-likeness (QED) is 0.809. The van der Waals surface area contributed by atoms with E-state index in [4.69, 9.17) is 4.74 Å². The Morgan fingerprint density at radius 1 is 1.13 bits per heavy atom. The van der Waals surface area contributed by atoms with Crippen LogP contribution >= 0.6 is 0 Å². The Morgan fingerprint density at radius 3 is 2.78 bits per heavy atom. The zero-order valence-corrected chi connectivity index (χ0v) is 13.7. The van der Waals surface area contributed by atoms with Crippen LogP contribution in [-0.4, -0.2) is 20.6 Å². The van der Waals surface area contributed by atoms with Gasteiger partial charge in [0.05, 0.1) is 6.54 Å². The molecule has 120 valence electrons. The van der Waals surface area contributed by atoms with E-state index in [0.29, 0.717) is 18.4 Å². The van der Waals surface area contributed by atoms with E-state index in [-0.39, 0.29) is 6.10 Å². The summed E-state index contributed by atoms with van der Waals surface area (Å²) in [6, 6.07) is 9.98. The molecule has 6 heteroatoms.